The van der Waals surface area contributed by atoms with Gasteiger partial charge < -0.3 is 14.6 Å². The van der Waals surface area contributed by atoms with Crippen LogP contribution < -0.4 is 4.90 Å². The summed E-state index contributed by atoms with van der Waals surface area (Å²) >= 11 is 0. The third kappa shape index (κ3) is 3.29. The zero-order valence-electron chi connectivity index (χ0n) is 15.7. The molecule has 26 heavy (non-hydrogen) atoms. The SMILES string of the molecule is CCc1nnc(N2CCC(C(O)c3nccn3C)CC2)c(C#N)c1CC. The molecule has 0 aliphatic carbocycles. The number of imidazole rings is 1. The molecular formula is C19H26N6O. The van der Waals surface area contributed by atoms with Crippen LogP contribution in [0.15, 0.2) is 12.4 Å². The molecule has 0 radical (unpaired) electrons. The second-order valence-electron chi connectivity index (χ2n) is 6.81. The van der Waals surface area contributed by atoms with Crippen molar-refractivity contribution in [1.29, 1.82) is 5.26 Å². The Kier molecular flexibility index (Phi) is 5.52. The molecule has 3 rings (SSSR count). The van der Waals surface area contributed by atoms with E-state index in [9.17, 15) is 10.4 Å². The van der Waals surface area contributed by atoms with Crippen molar-refractivity contribution in [2.45, 2.75) is 45.6 Å². The van der Waals surface area contributed by atoms with Gasteiger partial charge in [-0.1, -0.05) is 13.8 Å². The first-order valence-corrected chi connectivity index (χ1v) is 9.29. The minimum atomic E-state index is -0.563. The van der Waals surface area contributed by atoms with E-state index in [-0.39, 0.29) is 5.92 Å². The van der Waals surface area contributed by atoms with Gasteiger partial charge in [-0.05, 0) is 37.2 Å². The third-order valence-corrected chi connectivity index (χ3v) is 5.35. The van der Waals surface area contributed by atoms with Crippen molar-refractivity contribution in [2.24, 2.45) is 13.0 Å². The van der Waals surface area contributed by atoms with Gasteiger partial charge >= 0.3 is 0 Å². The van der Waals surface area contributed by atoms with Gasteiger partial charge in [0.15, 0.2) is 5.82 Å². The van der Waals surface area contributed by atoms with E-state index in [2.05, 4.69) is 33.1 Å². The molecule has 0 amide bonds. The van der Waals surface area contributed by atoms with E-state index in [4.69, 9.17) is 0 Å². The quantitative estimate of drug-likeness (QED) is 0.885. The predicted octanol–water partition coefficient (Wildman–Crippen LogP) is 2.16. The molecule has 3 heterocycles. The number of nitrogens with zero attached hydrogens (tertiary/aromatic N) is 6. The molecule has 1 fully saturated rings. The first-order valence-electron chi connectivity index (χ1n) is 9.29. The number of aromatic nitrogens is 4. The zero-order chi connectivity index (χ0) is 18.7. The molecule has 7 nitrogen and oxygen atoms in total. The smallest absolute Gasteiger partial charge is 0.169 e. The van der Waals surface area contributed by atoms with E-state index in [0.29, 0.717) is 17.2 Å². The highest BCUT2D eigenvalue weighted by Gasteiger charge is 2.30. The van der Waals surface area contributed by atoms with Crippen LogP contribution in [0, 0.1) is 17.2 Å². The number of piperidine rings is 1. The van der Waals surface area contributed by atoms with Crippen molar-refractivity contribution >= 4 is 5.82 Å². The van der Waals surface area contributed by atoms with Gasteiger partial charge in [0, 0.05) is 32.5 Å². The molecule has 0 aromatic carbocycles. The second-order valence-corrected chi connectivity index (χ2v) is 6.81. The highest BCUT2D eigenvalue weighted by Crippen LogP contribution is 2.32. The van der Waals surface area contributed by atoms with Gasteiger partial charge in [-0.3, -0.25) is 0 Å². The summed E-state index contributed by atoms with van der Waals surface area (Å²) in [5, 5.41) is 29.0. The van der Waals surface area contributed by atoms with Crippen LogP contribution in [-0.4, -0.2) is 37.9 Å². The number of aliphatic hydroxyl groups excluding tert-OH is 1. The standard InChI is InChI=1S/C19H26N6O/c1-4-14-15(12-20)18(23-22-16(14)5-2)25-9-6-13(7-10-25)17(26)19-21-8-11-24(19)3/h8,11,13,17,26H,4-7,9-10H2,1-3H3. The zero-order valence-corrected chi connectivity index (χ0v) is 15.7. The number of aliphatic hydroxyl groups is 1. The van der Waals surface area contributed by atoms with Crippen molar-refractivity contribution in [3.8, 4) is 6.07 Å². The van der Waals surface area contributed by atoms with Crippen LogP contribution in [0.3, 0.4) is 0 Å². The summed E-state index contributed by atoms with van der Waals surface area (Å²) in [4.78, 5) is 6.40. The molecule has 138 valence electrons. The lowest BCUT2D eigenvalue weighted by atomic mass is 9.90. The largest absolute Gasteiger partial charge is 0.385 e. The molecule has 1 aliphatic rings. The van der Waals surface area contributed by atoms with Crippen LogP contribution in [0.4, 0.5) is 5.82 Å². The maximum absolute atomic E-state index is 10.6. The van der Waals surface area contributed by atoms with Gasteiger partial charge in [0.1, 0.15) is 23.6 Å². The highest BCUT2D eigenvalue weighted by atomic mass is 16.3. The number of rotatable bonds is 5. The number of aryl methyl sites for hydroxylation is 2. The molecule has 7 heteroatoms. The summed E-state index contributed by atoms with van der Waals surface area (Å²) < 4.78 is 1.87. The van der Waals surface area contributed by atoms with E-state index in [1.165, 1.54) is 0 Å². The topological polar surface area (TPSA) is 90.9 Å². The summed E-state index contributed by atoms with van der Waals surface area (Å²) in [6.45, 7) is 5.60. The van der Waals surface area contributed by atoms with Gasteiger partial charge in [0.2, 0.25) is 0 Å². The van der Waals surface area contributed by atoms with E-state index in [1.54, 1.807) is 6.20 Å². The Balaban J connectivity index is 1.76. The van der Waals surface area contributed by atoms with Crippen molar-refractivity contribution in [3.05, 3.63) is 35.0 Å². The monoisotopic (exact) mass is 354 g/mol. The Labute approximate surface area is 154 Å². The Morgan fingerprint density at radius 3 is 2.54 bits per heavy atom. The fourth-order valence-electron chi connectivity index (χ4n) is 3.80. The van der Waals surface area contributed by atoms with Crippen molar-refractivity contribution in [3.63, 3.8) is 0 Å². The molecule has 2 aromatic heterocycles. The normalized spacial score (nSPS) is 16.5. The first kappa shape index (κ1) is 18.3. The Bertz CT molecular complexity index is 801. The van der Waals surface area contributed by atoms with Crippen LogP contribution in [0.1, 0.15) is 55.4 Å². The molecular weight excluding hydrogens is 328 g/mol. The Hall–Kier alpha value is -2.46. The first-order chi connectivity index (χ1) is 12.6. The lowest BCUT2D eigenvalue weighted by Gasteiger charge is -2.35. The Morgan fingerprint density at radius 1 is 1.27 bits per heavy atom. The minimum absolute atomic E-state index is 0.159. The summed E-state index contributed by atoms with van der Waals surface area (Å²) in [6, 6.07) is 2.34. The molecule has 1 unspecified atom stereocenters. The highest BCUT2D eigenvalue weighted by molar-refractivity contribution is 5.58. The van der Waals surface area contributed by atoms with Gasteiger partial charge in [-0.25, -0.2) is 4.98 Å². The minimum Gasteiger partial charge on any atom is -0.385 e. The molecule has 0 saturated carbocycles. The number of nitriles is 1. The molecule has 0 spiro atoms. The van der Waals surface area contributed by atoms with E-state index < -0.39 is 6.10 Å². The van der Waals surface area contributed by atoms with Gasteiger partial charge in [0.25, 0.3) is 0 Å². The van der Waals surface area contributed by atoms with Crippen LogP contribution in [-0.2, 0) is 19.9 Å². The van der Waals surface area contributed by atoms with Crippen molar-refractivity contribution in [2.75, 3.05) is 18.0 Å². The number of hydrogen-bond donors (Lipinski definition) is 1. The fourth-order valence-corrected chi connectivity index (χ4v) is 3.80. The molecule has 1 N–H and O–H groups in total. The van der Waals surface area contributed by atoms with Gasteiger partial charge in [-0.2, -0.15) is 10.4 Å². The maximum Gasteiger partial charge on any atom is 0.169 e. The van der Waals surface area contributed by atoms with Gasteiger partial charge in [-0.15, -0.1) is 5.10 Å². The molecule has 2 aromatic rings. The lowest BCUT2D eigenvalue weighted by molar-refractivity contribution is 0.0824. The van der Waals surface area contributed by atoms with Gasteiger partial charge in [0.05, 0.1) is 5.69 Å². The summed E-state index contributed by atoms with van der Waals surface area (Å²) in [5.74, 6) is 1.56. The Morgan fingerprint density at radius 2 is 2.00 bits per heavy atom. The summed E-state index contributed by atoms with van der Waals surface area (Å²) in [6.07, 6.45) is 6.22. The van der Waals surface area contributed by atoms with Crippen LogP contribution in [0.25, 0.3) is 0 Å². The van der Waals surface area contributed by atoms with Crippen LogP contribution in [0.2, 0.25) is 0 Å². The average molecular weight is 354 g/mol. The fraction of sp³-hybridized carbons (Fsp3) is 0.579. The van der Waals surface area contributed by atoms with Crippen molar-refractivity contribution in [1.82, 2.24) is 19.7 Å². The van der Waals surface area contributed by atoms with E-state index in [1.807, 2.05) is 24.7 Å². The van der Waals surface area contributed by atoms with E-state index >= 15 is 0 Å². The molecule has 1 aliphatic heterocycles. The lowest BCUT2D eigenvalue weighted by Crippen LogP contribution is -2.37. The average Bonchev–Trinajstić information content (AvgIpc) is 3.12. The number of hydrogen-bond acceptors (Lipinski definition) is 6. The number of anilines is 1. The van der Waals surface area contributed by atoms with Crippen molar-refractivity contribution < 1.29 is 5.11 Å². The van der Waals surface area contributed by atoms with E-state index in [0.717, 1.165) is 50.0 Å². The third-order valence-electron chi connectivity index (χ3n) is 5.35. The molecule has 1 atom stereocenters. The maximum atomic E-state index is 10.6. The summed E-state index contributed by atoms with van der Waals surface area (Å²) in [5.41, 5.74) is 2.57. The van der Waals surface area contributed by atoms with Crippen LogP contribution >= 0.6 is 0 Å². The predicted molar refractivity (Wildman–Crippen MR) is 98.6 cm³/mol. The summed E-state index contributed by atoms with van der Waals surface area (Å²) in [7, 11) is 1.90. The molecule has 0 bridgehead atoms. The second kappa shape index (κ2) is 7.83. The van der Waals surface area contributed by atoms with Crippen LogP contribution in [0.5, 0.6) is 0 Å². The molecule has 1 saturated heterocycles.